The van der Waals surface area contributed by atoms with Gasteiger partial charge >= 0.3 is 6.09 Å². The van der Waals surface area contributed by atoms with E-state index in [1.165, 1.54) is 0 Å². The second-order valence-corrected chi connectivity index (χ2v) is 9.45. The number of rotatable bonds is 7. The van der Waals surface area contributed by atoms with Gasteiger partial charge in [0.15, 0.2) is 0 Å². The average molecular weight is 504 g/mol. The van der Waals surface area contributed by atoms with E-state index in [9.17, 15) is 10.1 Å². The molecule has 0 spiro atoms. The van der Waals surface area contributed by atoms with E-state index in [1.807, 2.05) is 73.1 Å². The Balaban J connectivity index is 1.39. The largest absolute Gasteiger partial charge is 0.446 e. The zero-order valence-electron chi connectivity index (χ0n) is 21.0. The van der Waals surface area contributed by atoms with Crippen molar-refractivity contribution < 1.29 is 9.53 Å². The number of pyridine rings is 2. The molecule has 0 radical (unpaired) electrons. The van der Waals surface area contributed by atoms with E-state index in [0.717, 1.165) is 42.6 Å². The lowest BCUT2D eigenvalue weighted by molar-refractivity contribution is 0.0552. The summed E-state index contributed by atoms with van der Waals surface area (Å²) in [5.74, 6) is 0. The van der Waals surface area contributed by atoms with Crippen molar-refractivity contribution in [2.75, 3.05) is 25.0 Å². The van der Waals surface area contributed by atoms with Gasteiger partial charge in [-0.3, -0.25) is 15.3 Å². The average Bonchev–Trinajstić information content (AvgIpc) is 2.98. The summed E-state index contributed by atoms with van der Waals surface area (Å²) < 4.78 is 5.73. The SMILES string of the molecule is N#Cc1cccc(C(CN2CCC(OC(=O)Nc3ccccc3)CC2)(c2cccnc2)c2cccnc2)c1. The van der Waals surface area contributed by atoms with E-state index in [1.54, 1.807) is 12.4 Å². The third-order valence-corrected chi connectivity index (χ3v) is 7.08. The van der Waals surface area contributed by atoms with E-state index < -0.39 is 11.5 Å². The first-order chi connectivity index (χ1) is 18.7. The molecule has 0 unspecified atom stereocenters. The van der Waals surface area contributed by atoms with Crippen LogP contribution < -0.4 is 5.32 Å². The van der Waals surface area contributed by atoms with Crippen molar-refractivity contribution in [1.29, 1.82) is 5.26 Å². The quantitative estimate of drug-likeness (QED) is 0.363. The standard InChI is InChI=1S/C31H29N5O2/c32-20-24-7-4-8-25(19-24)31(26-9-5-15-33-21-26,27-10-6-16-34-22-27)23-36-17-13-29(14-18-36)38-30(37)35-28-11-2-1-3-12-28/h1-12,15-16,19,21-22,29H,13-14,17-18,23H2,(H,35,37). The van der Waals surface area contributed by atoms with Gasteiger partial charge in [-0.1, -0.05) is 42.5 Å². The highest BCUT2D eigenvalue weighted by molar-refractivity contribution is 5.84. The van der Waals surface area contributed by atoms with Gasteiger partial charge < -0.3 is 9.64 Å². The minimum atomic E-state index is -0.590. The molecule has 7 heteroatoms. The molecule has 0 bridgehead atoms. The predicted molar refractivity (Wildman–Crippen MR) is 146 cm³/mol. The number of anilines is 1. The van der Waals surface area contributed by atoms with Gasteiger partial charge in [0, 0.05) is 50.1 Å². The molecule has 190 valence electrons. The number of benzene rings is 2. The topological polar surface area (TPSA) is 91.1 Å². The summed E-state index contributed by atoms with van der Waals surface area (Å²) in [6.45, 7) is 2.20. The second kappa shape index (κ2) is 11.7. The van der Waals surface area contributed by atoms with Crippen LogP contribution >= 0.6 is 0 Å². The van der Waals surface area contributed by atoms with Crippen LogP contribution in [0.4, 0.5) is 10.5 Å². The number of nitriles is 1. The van der Waals surface area contributed by atoms with Gasteiger partial charge in [-0.25, -0.2) is 4.79 Å². The summed E-state index contributed by atoms with van der Waals surface area (Å²) in [7, 11) is 0. The highest BCUT2D eigenvalue weighted by atomic mass is 16.6. The fraction of sp³-hybridized carbons (Fsp3) is 0.226. The minimum Gasteiger partial charge on any atom is -0.446 e. The molecular formula is C31H29N5O2. The molecule has 2 aromatic heterocycles. The monoisotopic (exact) mass is 503 g/mol. The first kappa shape index (κ1) is 25.1. The highest BCUT2D eigenvalue weighted by Gasteiger charge is 2.40. The van der Waals surface area contributed by atoms with E-state index in [0.29, 0.717) is 17.8 Å². The van der Waals surface area contributed by atoms with E-state index in [4.69, 9.17) is 4.74 Å². The number of para-hydroxylation sites is 1. The third kappa shape index (κ3) is 5.56. The van der Waals surface area contributed by atoms with Gasteiger partial charge in [-0.05, 0) is 65.9 Å². The molecule has 0 saturated carbocycles. The van der Waals surface area contributed by atoms with E-state index >= 15 is 0 Å². The molecule has 1 amide bonds. The predicted octanol–water partition coefficient (Wildman–Crippen LogP) is 5.40. The summed E-state index contributed by atoms with van der Waals surface area (Å²) >= 11 is 0. The van der Waals surface area contributed by atoms with Crippen molar-refractivity contribution >= 4 is 11.8 Å². The van der Waals surface area contributed by atoms with Crippen molar-refractivity contribution in [3.63, 3.8) is 0 Å². The smallest absolute Gasteiger partial charge is 0.411 e. The van der Waals surface area contributed by atoms with Crippen LogP contribution in [0.5, 0.6) is 0 Å². The normalized spacial score (nSPS) is 14.4. The molecule has 0 aliphatic carbocycles. The van der Waals surface area contributed by atoms with Crippen LogP contribution in [0.25, 0.3) is 0 Å². The third-order valence-electron chi connectivity index (χ3n) is 7.08. The van der Waals surface area contributed by atoms with Crippen molar-refractivity contribution in [2.24, 2.45) is 0 Å². The Labute approximate surface area is 222 Å². The summed E-state index contributed by atoms with van der Waals surface area (Å²) in [5, 5.41) is 12.5. The lowest BCUT2D eigenvalue weighted by atomic mass is 9.69. The number of piperidine rings is 1. The number of carbonyl (C=O) groups excluding carboxylic acids is 1. The number of nitrogens with one attached hydrogen (secondary N) is 1. The molecule has 1 aliphatic rings. The first-order valence-corrected chi connectivity index (χ1v) is 12.7. The van der Waals surface area contributed by atoms with Crippen molar-refractivity contribution in [2.45, 2.75) is 24.4 Å². The Morgan fingerprint density at radius 3 is 2.18 bits per heavy atom. The second-order valence-electron chi connectivity index (χ2n) is 9.45. The maximum absolute atomic E-state index is 12.4. The summed E-state index contributed by atoms with van der Waals surface area (Å²) in [5.41, 5.74) is 3.81. The summed E-state index contributed by atoms with van der Waals surface area (Å²) in [4.78, 5) is 23.7. The van der Waals surface area contributed by atoms with E-state index in [2.05, 4.69) is 44.5 Å². The molecule has 0 atom stereocenters. The number of carbonyl (C=O) groups is 1. The van der Waals surface area contributed by atoms with Crippen LogP contribution in [0.1, 0.15) is 35.1 Å². The fourth-order valence-electron chi connectivity index (χ4n) is 5.20. The first-order valence-electron chi connectivity index (χ1n) is 12.7. The van der Waals surface area contributed by atoms with Crippen LogP contribution in [0.15, 0.2) is 104 Å². The Hall–Kier alpha value is -4.54. The van der Waals surface area contributed by atoms with Crippen molar-refractivity contribution in [1.82, 2.24) is 14.9 Å². The Bertz CT molecular complexity index is 1340. The summed E-state index contributed by atoms with van der Waals surface area (Å²) in [6.07, 6.45) is 8.23. The molecule has 4 aromatic rings. The molecular weight excluding hydrogens is 474 g/mol. The molecule has 1 aliphatic heterocycles. The van der Waals surface area contributed by atoms with E-state index in [-0.39, 0.29) is 6.10 Å². The number of hydrogen-bond acceptors (Lipinski definition) is 6. The van der Waals surface area contributed by atoms with Gasteiger partial charge in [0.2, 0.25) is 0 Å². The highest BCUT2D eigenvalue weighted by Crippen LogP contribution is 2.40. The molecule has 38 heavy (non-hydrogen) atoms. The fourth-order valence-corrected chi connectivity index (χ4v) is 5.20. The molecule has 3 heterocycles. The molecule has 1 fully saturated rings. The Morgan fingerprint density at radius 1 is 0.921 bits per heavy atom. The van der Waals surface area contributed by atoms with Gasteiger partial charge in [0.1, 0.15) is 6.10 Å². The van der Waals surface area contributed by atoms with Gasteiger partial charge in [0.05, 0.1) is 17.0 Å². The zero-order valence-corrected chi connectivity index (χ0v) is 21.0. The lowest BCUT2D eigenvalue weighted by Gasteiger charge is -2.42. The van der Waals surface area contributed by atoms with Crippen LogP contribution in [-0.2, 0) is 10.2 Å². The van der Waals surface area contributed by atoms with Crippen LogP contribution in [0.3, 0.4) is 0 Å². The van der Waals surface area contributed by atoms with Crippen LogP contribution in [0, 0.1) is 11.3 Å². The van der Waals surface area contributed by atoms with Gasteiger partial charge in [0.25, 0.3) is 0 Å². The minimum absolute atomic E-state index is 0.150. The molecule has 1 N–H and O–H groups in total. The lowest BCUT2D eigenvalue weighted by Crippen LogP contribution is -2.47. The number of likely N-dealkylation sites (tertiary alicyclic amines) is 1. The number of aromatic nitrogens is 2. The maximum atomic E-state index is 12.4. The molecule has 5 rings (SSSR count). The number of nitrogens with zero attached hydrogens (tertiary/aromatic N) is 4. The Morgan fingerprint density at radius 2 is 1.58 bits per heavy atom. The number of hydrogen-bond donors (Lipinski definition) is 1. The van der Waals surface area contributed by atoms with Crippen molar-refractivity contribution in [3.8, 4) is 6.07 Å². The van der Waals surface area contributed by atoms with Crippen LogP contribution in [0.2, 0.25) is 0 Å². The molecule has 2 aromatic carbocycles. The summed E-state index contributed by atoms with van der Waals surface area (Å²) in [6, 6.07) is 27.5. The van der Waals surface area contributed by atoms with Gasteiger partial charge in [-0.2, -0.15) is 5.26 Å². The van der Waals surface area contributed by atoms with Crippen molar-refractivity contribution in [3.05, 3.63) is 126 Å². The molecule has 1 saturated heterocycles. The zero-order chi connectivity index (χ0) is 26.2. The molecule has 7 nitrogen and oxygen atoms in total. The number of ether oxygens (including phenoxy) is 1. The number of amides is 1. The maximum Gasteiger partial charge on any atom is 0.411 e. The Kier molecular flexibility index (Phi) is 7.72. The van der Waals surface area contributed by atoms with Gasteiger partial charge in [-0.15, -0.1) is 0 Å². The van der Waals surface area contributed by atoms with Crippen LogP contribution in [-0.4, -0.2) is 46.7 Å².